The van der Waals surface area contributed by atoms with E-state index in [0.29, 0.717) is 25.1 Å². The molecule has 0 saturated heterocycles. The molecule has 0 atom stereocenters. The van der Waals surface area contributed by atoms with Crippen molar-refractivity contribution in [1.82, 2.24) is 20.3 Å². The maximum atomic E-state index is 12.0. The highest BCUT2D eigenvalue weighted by Crippen LogP contribution is 2.27. The van der Waals surface area contributed by atoms with Crippen LogP contribution < -0.4 is 11.0 Å². The Morgan fingerprint density at radius 2 is 2.08 bits per heavy atom. The van der Waals surface area contributed by atoms with Crippen LogP contribution >= 0.6 is 11.3 Å². The molecule has 0 fully saturated rings. The zero-order valence-electron chi connectivity index (χ0n) is 14.1. The van der Waals surface area contributed by atoms with Crippen LogP contribution in [0, 0.1) is 13.8 Å². The molecule has 6 nitrogen and oxygen atoms in total. The quantitative estimate of drug-likeness (QED) is 0.832. The molecule has 2 aromatic heterocycles. The summed E-state index contributed by atoms with van der Waals surface area (Å²) in [7, 11) is 0. The number of aryl methyl sites for hydroxylation is 4. The van der Waals surface area contributed by atoms with Crippen molar-refractivity contribution in [2.45, 2.75) is 52.4 Å². The fourth-order valence-corrected chi connectivity index (χ4v) is 4.27. The second-order valence-corrected chi connectivity index (χ2v) is 7.33. The van der Waals surface area contributed by atoms with Crippen LogP contribution in [0.5, 0.6) is 0 Å². The SMILES string of the molecule is Cc1nc(=O)[nH]c(C)c1CCC(=O)NCCc1nc2c(s1)CCC2. The molecule has 128 valence electrons. The number of H-pyrrole nitrogens is 1. The molecule has 7 heteroatoms. The summed E-state index contributed by atoms with van der Waals surface area (Å²) in [6.45, 7) is 4.26. The average molecular weight is 346 g/mol. The Morgan fingerprint density at radius 3 is 2.83 bits per heavy atom. The van der Waals surface area contributed by atoms with Gasteiger partial charge in [0.05, 0.1) is 10.7 Å². The van der Waals surface area contributed by atoms with Crippen LogP contribution in [0.3, 0.4) is 0 Å². The second-order valence-electron chi connectivity index (χ2n) is 6.16. The number of nitrogens with one attached hydrogen (secondary N) is 2. The van der Waals surface area contributed by atoms with Gasteiger partial charge < -0.3 is 10.3 Å². The number of hydrogen-bond acceptors (Lipinski definition) is 5. The highest BCUT2D eigenvalue weighted by atomic mass is 32.1. The topological polar surface area (TPSA) is 87.7 Å². The maximum Gasteiger partial charge on any atom is 0.345 e. The molecule has 0 radical (unpaired) electrons. The zero-order chi connectivity index (χ0) is 17.1. The summed E-state index contributed by atoms with van der Waals surface area (Å²) in [5.41, 5.74) is 3.35. The van der Waals surface area contributed by atoms with Gasteiger partial charge in [-0.3, -0.25) is 4.79 Å². The Bertz CT molecular complexity index is 762. The van der Waals surface area contributed by atoms with Crippen molar-refractivity contribution < 1.29 is 4.79 Å². The lowest BCUT2D eigenvalue weighted by molar-refractivity contribution is -0.121. The smallest absolute Gasteiger partial charge is 0.345 e. The first kappa shape index (κ1) is 16.8. The monoisotopic (exact) mass is 346 g/mol. The predicted octanol–water partition coefficient (Wildman–Crippen LogP) is 1.62. The van der Waals surface area contributed by atoms with Gasteiger partial charge in [0.2, 0.25) is 5.91 Å². The summed E-state index contributed by atoms with van der Waals surface area (Å²) in [6, 6.07) is 0. The minimum Gasteiger partial charge on any atom is -0.356 e. The highest BCUT2D eigenvalue weighted by molar-refractivity contribution is 7.11. The van der Waals surface area contributed by atoms with Gasteiger partial charge in [-0.15, -0.1) is 11.3 Å². The average Bonchev–Trinajstić information content (AvgIpc) is 3.07. The minimum atomic E-state index is -0.339. The van der Waals surface area contributed by atoms with Gasteiger partial charge in [0.15, 0.2) is 0 Å². The first-order valence-corrected chi connectivity index (χ1v) is 9.15. The van der Waals surface area contributed by atoms with Gasteiger partial charge in [-0.05, 0) is 45.1 Å². The van der Waals surface area contributed by atoms with E-state index in [-0.39, 0.29) is 11.6 Å². The third kappa shape index (κ3) is 3.90. The Balaban J connectivity index is 1.45. The fraction of sp³-hybridized carbons (Fsp3) is 0.529. The molecular formula is C17H22N4O2S. The highest BCUT2D eigenvalue weighted by Gasteiger charge is 2.16. The molecule has 1 aliphatic carbocycles. The van der Waals surface area contributed by atoms with E-state index in [9.17, 15) is 9.59 Å². The summed E-state index contributed by atoms with van der Waals surface area (Å²) in [5.74, 6) is 0.0177. The van der Waals surface area contributed by atoms with Crippen molar-refractivity contribution in [3.63, 3.8) is 0 Å². The Kier molecular flexibility index (Phi) is 5.08. The van der Waals surface area contributed by atoms with E-state index >= 15 is 0 Å². The molecule has 24 heavy (non-hydrogen) atoms. The normalized spacial score (nSPS) is 13.1. The fourth-order valence-electron chi connectivity index (χ4n) is 3.11. The third-order valence-electron chi connectivity index (χ3n) is 4.36. The molecule has 0 spiro atoms. The molecule has 0 unspecified atom stereocenters. The van der Waals surface area contributed by atoms with Gasteiger partial charge in [-0.2, -0.15) is 4.98 Å². The molecule has 1 aliphatic rings. The van der Waals surface area contributed by atoms with E-state index in [4.69, 9.17) is 0 Å². The number of thiazole rings is 1. The lowest BCUT2D eigenvalue weighted by Crippen LogP contribution is -2.26. The third-order valence-corrected chi connectivity index (χ3v) is 5.57. The van der Waals surface area contributed by atoms with Crippen LogP contribution in [0.1, 0.15) is 45.4 Å². The summed E-state index contributed by atoms with van der Waals surface area (Å²) in [4.78, 5) is 35.9. The summed E-state index contributed by atoms with van der Waals surface area (Å²) in [6.07, 6.45) is 5.25. The van der Waals surface area contributed by atoms with Crippen LogP contribution in [-0.4, -0.2) is 27.4 Å². The summed E-state index contributed by atoms with van der Waals surface area (Å²) < 4.78 is 0. The van der Waals surface area contributed by atoms with E-state index in [1.165, 1.54) is 17.0 Å². The van der Waals surface area contributed by atoms with Crippen molar-refractivity contribution in [2.24, 2.45) is 0 Å². The summed E-state index contributed by atoms with van der Waals surface area (Å²) >= 11 is 1.78. The Hall–Kier alpha value is -2.02. The first-order valence-electron chi connectivity index (χ1n) is 8.33. The van der Waals surface area contributed by atoms with Crippen molar-refractivity contribution in [2.75, 3.05) is 6.54 Å². The molecule has 0 saturated carbocycles. The van der Waals surface area contributed by atoms with Gasteiger partial charge in [-0.1, -0.05) is 0 Å². The van der Waals surface area contributed by atoms with E-state index in [1.54, 1.807) is 18.3 Å². The van der Waals surface area contributed by atoms with Gasteiger partial charge in [0.25, 0.3) is 0 Å². The van der Waals surface area contributed by atoms with Gasteiger partial charge >= 0.3 is 5.69 Å². The Morgan fingerprint density at radius 1 is 1.25 bits per heavy atom. The number of fused-ring (bicyclic) bond motifs is 1. The molecule has 0 aromatic carbocycles. The van der Waals surface area contributed by atoms with Crippen molar-refractivity contribution in [3.8, 4) is 0 Å². The number of carbonyl (C=O) groups is 1. The second kappa shape index (κ2) is 7.25. The molecule has 2 heterocycles. The number of amides is 1. The van der Waals surface area contributed by atoms with Gasteiger partial charge in [-0.25, -0.2) is 9.78 Å². The molecule has 0 bridgehead atoms. The molecule has 2 N–H and O–H groups in total. The number of rotatable bonds is 6. The lowest BCUT2D eigenvalue weighted by atomic mass is 10.1. The maximum absolute atomic E-state index is 12.0. The summed E-state index contributed by atoms with van der Waals surface area (Å²) in [5, 5.41) is 4.07. The molecule has 3 rings (SSSR count). The van der Waals surface area contributed by atoms with Gasteiger partial charge in [0.1, 0.15) is 0 Å². The molecule has 2 aromatic rings. The number of carbonyl (C=O) groups excluding carboxylic acids is 1. The molecule has 1 amide bonds. The standard InChI is InChI=1S/C17H22N4O2S/c1-10-12(11(2)20-17(23)19-10)6-7-15(22)18-9-8-16-21-13-4-3-5-14(13)24-16/h3-9H2,1-2H3,(H,18,22)(H,19,20,23). The largest absolute Gasteiger partial charge is 0.356 e. The number of aromatic amines is 1. The number of hydrogen-bond donors (Lipinski definition) is 2. The first-order chi connectivity index (χ1) is 11.5. The molecule has 0 aliphatic heterocycles. The van der Waals surface area contributed by atoms with Crippen LogP contribution in [0.25, 0.3) is 0 Å². The predicted molar refractivity (Wildman–Crippen MR) is 93.5 cm³/mol. The van der Waals surface area contributed by atoms with Crippen LogP contribution in [-0.2, 0) is 30.5 Å². The van der Waals surface area contributed by atoms with Gasteiger partial charge in [0, 0.05) is 35.7 Å². The van der Waals surface area contributed by atoms with Crippen LogP contribution in [0.15, 0.2) is 4.79 Å². The van der Waals surface area contributed by atoms with Crippen molar-refractivity contribution in [3.05, 3.63) is 43.0 Å². The van der Waals surface area contributed by atoms with E-state index in [2.05, 4.69) is 20.3 Å². The number of aromatic nitrogens is 3. The van der Waals surface area contributed by atoms with E-state index in [0.717, 1.165) is 35.5 Å². The number of nitrogens with zero attached hydrogens (tertiary/aromatic N) is 2. The molecular weight excluding hydrogens is 324 g/mol. The Labute approximate surface area is 144 Å². The van der Waals surface area contributed by atoms with Crippen LogP contribution in [0.4, 0.5) is 0 Å². The zero-order valence-corrected chi connectivity index (χ0v) is 14.9. The lowest BCUT2D eigenvalue weighted by Gasteiger charge is -2.08. The van der Waals surface area contributed by atoms with Crippen molar-refractivity contribution in [1.29, 1.82) is 0 Å². The van der Waals surface area contributed by atoms with Crippen LogP contribution in [0.2, 0.25) is 0 Å². The van der Waals surface area contributed by atoms with E-state index in [1.807, 2.05) is 6.92 Å². The van der Waals surface area contributed by atoms with Crippen molar-refractivity contribution >= 4 is 17.2 Å². The van der Waals surface area contributed by atoms with E-state index < -0.39 is 0 Å². The minimum absolute atomic E-state index is 0.0177.